The first-order valence-corrected chi connectivity index (χ1v) is 15.6. The molecule has 4 atom stereocenters. The van der Waals surface area contributed by atoms with E-state index >= 15 is 0 Å². The molecule has 4 saturated carbocycles. The molecule has 4 aliphatic rings. The third kappa shape index (κ3) is 15.6. The fourth-order valence-electron chi connectivity index (χ4n) is 7.02. The lowest BCUT2D eigenvalue weighted by Crippen LogP contribution is -2.16. The summed E-state index contributed by atoms with van der Waals surface area (Å²) in [6.45, 7) is 21.4. The van der Waals surface area contributed by atoms with Crippen molar-refractivity contribution in [2.45, 2.75) is 159 Å². The first-order valence-electron chi connectivity index (χ1n) is 15.6. The Labute approximate surface area is 211 Å². The highest BCUT2D eigenvalue weighted by molar-refractivity contribution is 4.71. The highest BCUT2D eigenvalue weighted by atomic mass is 14.3. The predicted octanol–water partition coefficient (Wildman–Crippen LogP) is 11.6. The zero-order valence-corrected chi connectivity index (χ0v) is 24.8. The molecule has 0 heterocycles. The maximum Gasteiger partial charge on any atom is -0.0417 e. The summed E-state index contributed by atoms with van der Waals surface area (Å²) in [5.41, 5.74) is 0. The Morgan fingerprint density at radius 2 is 0.576 bits per heavy atom. The molecule has 0 aromatic heterocycles. The van der Waals surface area contributed by atoms with Gasteiger partial charge in [0.25, 0.3) is 0 Å². The second-order valence-corrected chi connectivity index (χ2v) is 14.0. The van der Waals surface area contributed by atoms with E-state index < -0.39 is 0 Å². The first-order chi connectivity index (χ1) is 15.6. The van der Waals surface area contributed by atoms with Crippen molar-refractivity contribution in [2.75, 3.05) is 0 Å². The summed E-state index contributed by atoms with van der Waals surface area (Å²) < 4.78 is 0. The van der Waals surface area contributed by atoms with Gasteiger partial charge in [0.15, 0.2) is 0 Å². The molecule has 0 heteroatoms. The SMILES string of the molecule is CC1CC(C)CC(C)C1.CC1CCC(C)CC1.CC1CCCC(C)C1.CC1CCCCC1C. The fourth-order valence-corrected chi connectivity index (χ4v) is 7.02. The molecule has 0 amide bonds. The summed E-state index contributed by atoms with van der Waals surface area (Å²) >= 11 is 0. The molecular weight excluding hydrogens is 396 g/mol. The van der Waals surface area contributed by atoms with Gasteiger partial charge in [0, 0.05) is 0 Å². The van der Waals surface area contributed by atoms with Crippen LogP contribution >= 0.6 is 0 Å². The molecule has 4 unspecified atom stereocenters. The van der Waals surface area contributed by atoms with Crippen molar-refractivity contribution in [1.82, 2.24) is 0 Å². The van der Waals surface area contributed by atoms with Crippen LogP contribution in [0.25, 0.3) is 0 Å². The van der Waals surface area contributed by atoms with Crippen LogP contribution in [0.5, 0.6) is 0 Å². The summed E-state index contributed by atoms with van der Waals surface area (Å²) in [5.74, 6) is 9.04. The Bertz CT molecular complexity index is 392. The van der Waals surface area contributed by atoms with Crippen LogP contribution in [-0.2, 0) is 0 Å². The molecule has 0 N–H and O–H groups in total. The van der Waals surface area contributed by atoms with Gasteiger partial charge >= 0.3 is 0 Å². The van der Waals surface area contributed by atoms with Crippen LogP contribution in [-0.4, -0.2) is 0 Å². The Balaban J connectivity index is 0.000000220. The van der Waals surface area contributed by atoms with E-state index in [1.54, 1.807) is 0 Å². The van der Waals surface area contributed by atoms with Gasteiger partial charge in [-0.3, -0.25) is 0 Å². The van der Waals surface area contributed by atoms with E-state index in [-0.39, 0.29) is 0 Å². The summed E-state index contributed by atoms with van der Waals surface area (Å²) in [6, 6.07) is 0. The van der Waals surface area contributed by atoms with Crippen LogP contribution in [0.3, 0.4) is 0 Å². The van der Waals surface area contributed by atoms with E-state index in [1.165, 1.54) is 96.3 Å². The van der Waals surface area contributed by atoms with E-state index in [9.17, 15) is 0 Å². The van der Waals surface area contributed by atoms with Crippen LogP contribution in [0.15, 0.2) is 0 Å². The molecule has 0 spiro atoms. The number of hydrogen-bond acceptors (Lipinski definition) is 0. The Morgan fingerprint density at radius 3 is 0.818 bits per heavy atom. The van der Waals surface area contributed by atoms with Gasteiger partial charge in [0.05, 0.1) is 0 Å². The second-order valence-electron chi connectivity index (χ2n) is 14.0. The maximum atomic E-state index is 2.38. The molecule has 0 aromatic carbocycles. The average Bonchev–Trinajstić information content (AvgIpc) is 2.73. The summed E-state index contributed by atoms with van der Waals surface area (Å²) in [4.78, 5) is 0. The minimum atomic E-state index is 0.990. The van der Waals surface area contributed by atoms with Crippen LogP contribution in [0, 0.1) is 53.3 Å². The van der Waals surface area contributed by atoms with Crippen molar-refractivity contribution < 1.29 is 0 Å². The van der Waals surface area contributed by atoms with Gasteiger partial charge in [0.1, 0.15) is 0 Å². The predicted molar refractivity (Wildman–Crippen MR) is 152 cm³/mol. The van der Waals surface area contributed by atoms with E-state index in [0.29, 0.717) is 0 Å². The van der Waals surface area contributed by atoms with Crippen LogP contribution < -0.4 is 0 Å². The van der Waals surface area contributed by atoms with Crippen molar-refractivity contribution in [2.24, 2.45) is 53.3 Å². The number of hydrogen-bond donors (Lipinski definition) is 0. The number of rotatable bonds is 0. The Hall–Kier alpha value is 0. The van der Waals surface area contributed by atoms with Gasteiger partial charge in [-0.15, -0.1) is 0 Å². The van der Waals surface area contributed by atoms with Crippen molar-refractivity contribution >= 4 is 0 Å². The molecule has 0 nitrogen and oxygen atoms in total. The molecule has 0 bridgehead atoms. The molecule has 0 aliphatic heterocycles. The third-order valence-electron chi connectivity index (χ3n) is 9.46. The summed E-state index contributed by atoms with van der Waals surface area (Å²) in [6.07, 6.45) is 22.1. The van der Waals surface area contributed by atoms with E-state index in [1.807, 2.05) is 0 Å². The van der Waals surface area contributed by atoms with E-state index in [2.05, 4.69) is 62.3 Å². The van der Waals surface area contributed by atoms with Gasteiger partial charge < -0.3 is 0 Å². The van der Waals surface area contributed by atoms with Gasteiger partial charge in [-0.1, -0.05) is 133 Å². The van der Waals surface area contributed by atoms with Gasteiger partial charge in [-0.25, -0.2) is 0 Å². The van der Waals surface area contributed by atoms with Crippen LogP contribution in [0.4, 0.5) is 0 Å². The van der Waals surface area contributed by atoms with Gasteiger partial charge in [-0.05, 0) is 78.9 Å². The monoisotopic (exact) mass is 463 g/mol. The lowest BCUT2D eigenvalue weighted by molar-refractivity contribution is 0.233. The quantitative estimate of drug-likeness (QED) is 0.335. The molecule has 0 saturated heterocycles. The zero-order chi connectivity index (χ0) is 24.8. The minimum Gasteiger partial charge on any atom is -0.0625 e. The minimum absolute atomic E-state index is 0.990. The zero-order valence-electron chi connectivity index (χ0n) is 24.8. The topological polar surface area (TPSA) is 0 Å². The second kappa shape index (κ2) is 17.4. The smallest absolute Gasteiger partial charge is 0.0417 e. The third-order valence-corrected chi connectivity index (χ3v) is 9.46. The average molecular weight is 463 g/mol. The Kier molecular flexibility index (Phi) is 16.4. The molecule has 4 fully saturated rings. The lowest BCUT2D eigenvalue weighted by atomic mass is 9.78. The van der Waals surface area contributed by atoms with Crippen LogP contribution in [0.2, 0.25) is 0 Å². The lowest BCUT2D eigenvalue weighted by Gasteiger charge is -2.28. The maximum absolute atomic E-state index is 2.38. The molecule has 0 aromatic rings. The van der Waals surface area contributed by atoms with Gasteiger partial charge in [-0.2, -0.15) is 0 Å². The molecular formula is C33H66. The van der Waals surface area contributed by atoms with Crippen LogP contribution in [0.1, 0.15) is 159 Å². The highest BCUT2D eigenvalue weighted by Gasteiger charge is 2.20. The molecule has 4 rings (SSSR count). The molecule has 198 valence electrons. The normalized spacial score (nSPS) is 41.2. The van der Waals surface area contributed by atoms with E-state index in [0.717, 1.165) is 53.3 Å². The fraction of sp³-hybridized carbons (Fsp3) is 1.00. The molecule has 4 aliphatic carbocycles. The van der Waals surface area contributed by atoms with Crippen molar-refractivity contribution in [3.63, 3.8) is 0 Å². The molecule has 0 radical (unpaired) electrons. The Morgan fingerprint density at radius 1 is 0.273 bits per heavy atom. The van der Waals surface area contributed by atoms with Crippen molar-refractivity contribution in [3.05, 3.63) is 0 Å². The molecule has 33 heavy (non-hydrogen) atoms. The largest absolute Gasteiger partial charge is 0.0625 e. The highest BCUT2D eigenvalue weighted by Crippen LogP contribution is 2.32. The van der Waals surface area contributed by atoms with Crippen molar-refractivity contribution in [3.8, 4) is 0 Å². The standard InChI is InChI=1S/C9H18.3C8H16/c1-7-4-8(2)6-9(3)5-7;1-7-3-5-8(2)6-4-7;1-7-4-3-5-8(2)6-7;1-7-5-3-4-6-8(7)2/h7-9H,4-6H2,1-3H3;3*7-8H,3-6H2,1-2H3. The first kappa shape index (κ1) is 31.0. The van der Waals surface area contributed by atoms with Crippen molar-refractivity contribution in [1.29, 1.82) is 0 Å². The van der Waals surface area contributed by atoms with E-state index in [4.69, 9.17) is 0 Å². The summed E-state index contributed by atoms with van der Waals surface area (Å²) in [5, 5.41) is 0. The summed E-state index contributed by atoms with van der Waals surface area (Å²) in [7, 11) is 0. The van der Waals surface area contributed by atoms with Gasteiger partial charge in [0.2, 0.25) is 0 Å².